The van der Waals surface area contributed by atoms with Crippen molar-refractivity contribution >= 4 is 17.7 Å². The van der Waals surface area contributed by atoms with Crippen LogP contribution in [0, 0.1) is 5.82 Å². The van der Waals surface area contributed by atoms with Crippen LogP contribution in [0.25, 0.3) is 0 Å². The van der Waals surface area contributed by atoms with Crippen molar-refractivity contribution in [1.29, 1.82) is 0 Å². The summed E-state index contributed by atoms with van der Waals surface area (Å²) in [5, 5.41) is 2.58. The molecule has 0 radical (unpaired) electrons. The fourth-order valence-electron chi connectivity index (χ4n) is 4.24. The molecule has 2 aromatic rings. The number of carbonyl (C=O) groups is 3. The van der Waals surface area contributed by atoms with E-state index >= 15 is 0 Å². The first-order valence-corrected chi connectivity index (χ1v) is 11.1. The van der Waals surface area contributed by atoms with Gasteiger partial charge in [-0.15, -0.1) is 0 Å². The molecule has 0 saturated carbocycles. The molecule has 2 aromatic carbocycles. The second-order valence-corrected chi connectivity index (χ2v) is 8.13. The van der Waals surface area contributed by atoms with E-state index in [9.17, 15) is 18.8 Å². The van der Waals surface area contributed by atoms with Crippen molar-refractivity contribution in [1.82, 2.24) is 10.2 Å². The second kappa shape index (κ2) is 10.2. The molecule has 9 nitrogen and oxygen atoms in total. The first kappa shape index (κ1) is 23.7. The molecular formula is C24H26FN3O6. The third kappa shape index (κ3) is 4.87. The summed E-state index contributed by atoms with van der Waals surface area (Å²) in [6, 6.07) is 11.8. The number of nitrogens with one attached hydrogen (secondary N) is 1. The minimum absolute atomic E-state index is 0.311. The highest BCUT2D eigenvalue weighted by molar-refractivity contribution is 5.98. The lowest BCUT2D eigenvalue weighted by atomic mass is 9.93. The number of likely N-dealkylation sites (tertiary alicyclic amines) is 1. The van der Waals surface area contributed by atoms with Crippen molar-refractivity contribution in [3.05, 3.63) is 59.9 Å². The summed E-state index contributed by atoms with van der Waals surface area (Å²) in [5.74, 6) is -1.04. The minimum atomic E-state index is -1.39. The number of rotatable bonds is 7. The van der Waals surface area contributed by atoms with Gasteiger partial charge in [-0.25, -0.2) is 4.39 Å². The highest BCUT2D eigenvalue weighted by atomic mass is 19.1. The van der Waals surface area contributed by atoms with Gasteiger partial charge < -0.3 is 30.2 Å². The number of carbonyl (C=O) groups excluding carboxylic acids is 3. The predicted molar refractivity (Wildman–Crippen MR) is 118 cm³/mol. The zero-order valence-corrected chi connectivity index (χ0v) is 18.5. The second-order valence-electron chi connectivity index (χ2n) is 8.13. The summed E-state index contributed by atoms with van der Waals surface area (Å²) in [7, 11) is 0. The van der Waals surface area contributed by atoms with Gasteiger partial charge in [0.05, 0.1) is 19.8 Å². The van der Waals surface area contributed by atoms with Gasteiger partial charge in [-0.2, -0.15) is 0 Å². The lowest BCUT2D eigenvalue weighted by Gasteiger charge is -2.42. The maximum Gasteiger partial charge on any atom is 0.251 e. The van der Waals surface area contributed by atoms with Crippen molar-refractivity contribution in [2.24, 2.45) is 5.73 Å². The standard InChI is InChI=1S/C24H26FN3O6/c25-17-5-9-19(10-6-17)34-18-7-3-16(4-8-18)21(30)27-15-20(29)28-12-1-11-24(28,22(26)31)23-32-13-2-14-33-23/h3-10,23H,1-2,11-15H2,(H2,26,31)(H,27,30). The number of hydrogen-bond donors (Lipinski definition) is 2. The van der Waals surface area contributed by atoms with Crippen LogP contribution in [0.15, 0.2) is 48.5 Å². The molecule has 2 aliphatic rings. The van der Waals surface area contributed by atoms with E-state index in [4.69, 9.17) is 19.9 Å². The van der Waals surface area contributed by atoms with E-state index in [1.165, 1.54) is 29.2 Å². The van der Waals surface area contributed by atoms with Gasteiger partial charge in [0.1, 0.15) is 17.3 Å². The fraction of sp³-hybridized carbons (Fsp3) is 0.375. The molecule has 2 aliphatic heterocycles. The van der Waals surface area contributed by atoms with Gasteiger partial charge in [0.15, 0.2) is 11.8 Å². The van der Waals surface area contributed by atoms with Gasteiger partial charge in [-0.05, 0) is 67.8 Å². The Labute approximate surface area is 195 Å². The third-order valence-corrected chi connectivity index (χ3v) is 5.93. The van der Waals surface area contributed by atoms with Crippen molar-refractivity contribution in [3.63, 3.8) is 0 Å². The van der Waals surface area contributed by atoms with Crippen LogP contribution in [0.1, 0.15) is 29.6 Å². The van der Waals surface area contributed by atoms with E-state index < -0.39 is 29.6 Å². The first-order valence-electron chi connectivity index (χ1n) is 11.1. The van der Waals surface area contributed by atoms with E-state index in [0.717, 1.165) is 0 Å². The molecule has 0 aromatic heterocycles. The largest absolute Gasteiger partial charge is 0.457 e. The molecule has 1 atom stereocenters. The Bertz CT molecular complexity index is 1040. The van der Waals surface area contributed by atoms with E-state index in [2.05, 4.69) is 5.32 Å². The zero-order valence-electron chi connectivity index (χ0n) is 18.5. The van der Waals surface area contributed by atoms with Gasteiger partial charge in [0.25, 0.3) is 5.91 Å². The molecule has 2 fully saturated rings. The van der Waals surface area contributed by atoms with Gasteiger partial charge in [0.2, 0.25) is 11.8 Å². The van der Waals surface area contributed by atoms with Crippen LogP contribution in [-0.2, 0) is 19.1 Å². The Kier molecular flexibility index (Phi) is 7.09. The number of halogens is 1. The summed E-state index contributed by atoms with van der Waals surface area (Å²) in [5.41, 5.74) is 4.64. The van der Waals surface area contributed by atoms with Crippen LogP contribution in [0.2, 0.25) is 0 Å². The number of benzene rings is 2. The molecule has 2 heterocycles. The third-order valence-electron chi connectivity index (χ3n) is 5.93. The first-order chi connectivity index (χ1) is 16.4. The Morgan fingerprint density at radius 2 is 1.65 bits per heavy atom. The number of nitrogens with zero attached hydrogens (tertiary/aromatic N) is 1. The number of hydrogen-bond acceptors (Lipinski definition) is 6. The molecule has 2 saturated heterocycles. The number of nitrogens with two attached hydrogens (primary N) is 1. The van der Waals surface area contributed by atoms with Gasteiger partial charge >= 0.3 is 0 Å². The molecule has 180 valence electrons. The van der Waals surface area contributed by atoms with Crippen LogP contribution in [0.3, 0.4) is 0 Å². The van der Waals surface area contributed by atoms with E-state index in [1.54, 1.807) is 24.3 Å². The minimum Gasteiger partial charge on any atom is -0.457 e. The van der Waals surface area contributed by atoms with Crippen molar-refractivity contribution in [3.8, 4) is 11.5 Å². The predicted octanol–water partition coefficient (Wildman–Crippen LogP) is 1.96. The van der Waals surface area contributed by atoms with Crippen LogP contribution < -0.4 is 15.8 Å². The summed E-state index contributed by atoms with van der Waals surface area (Å²) >= 11 is 0. The van der Waals surface area contributed by atoms with Gasteiger partial charge in [-0.3, -0.25) is 14.4 Å². The molecule has 3 N–H and O–H groups in total. The molecule has 0 spiro atoms. The van der Waals surface area contributed by atoms with Crippen molar-refractivity contribution < 1.29 is 33.0 Å². The molecule has 4 rings (SSSR count). The quantitative estimate of drug-likeness (QED) is 0.637. The topological polar surface area (TPSA) is 120 Å². The van der Waals surface area contributed by atoms with Crippen LogP contribution in [-0.4, -0.2) is 60.8 Å². The van der Waals surface area contributed by atoms with Gasteiger partial charge in [0, 0.05) is 12.1 Å². The molecule has 0 bridgehead atoms. The van der Waals surface area contributed by atoms with Crippen LogP contribution >= 0.6 is 0 Å². The molecule has 10 heteroatoms. The summed E-state index contributed by atoms with van der Waals surface area (Å²) < 4.78 is 29.9. The summed E-state index contributed by atoms with van der Waals surface area (Å²) in [6.45, 7) is 0.837. The van der Waals surface area contributed by atoms with Crippen molar-refractivity contribution in [2.45, 2.75) is 31.1 Å². The van der Waals surface area contributed by atoms with Crippen LogP contribution in [0.4, 0.5) is 4.39 Å². The molecular weight excluding hydrogens is 445 g/mol. The Morgan fingerprint density at radius 1 is 1.03 bits per heavy atom. The van der Waals surface area contributed by atoms with Crippen molar-refractivity contribution in [2.75, 3.05) is 26.3 Å². The average Bonchev–Trinajstić information content (AvgIpc) is 3.31. The maximum absolute atomic E-state index is 13.0. The molecule has 3 amide bonds. The maximum atomic E-state index is 13.0. The lowest BCUT2D eigenvalue weighted by molar-refractivity contribution is -0.231. The number of amides is 3. The average molecular weight is 471 g/mol. The number of primary amides is 1. The normalized spacial score (nSPS) is 20.7. The van der Waals surface area contributed by atoms with E-state index in [1.807, 2.05) is 0 Å². The van der Waals surface area contributed by atoms with Crippen LogP contribution in [0.5, 0.6) is 11.5 Å². The summed E-state index contributed by atoms with van der Waals surface area (Å²) in [4.78, 5) is 39.3. The highest BCUT2D eigenvalue weighted by Crippen LogP contribution is 2.36. The molecule has 1 unspecified atom stereocenters. The van der Waals surface area contributed by atoms with Gasteiger partial charge in [-0.1, -0.05) is 0 Å². The Morgan fingerprint density at radius 3 is 2.26 bits per heavy atom. The SMILES string of the molecule is NC(=O)C1(C2OCCCO2)CCCN1C(=O)CNC(=O)c1ccc(Oc2ccc(F)cc2)cc1. The smallest absolute Gasteiger partial charge is 0.251 e. The van der Waals surface area contributed by atoms with E-state index in [0.29, 0.717) is 56.1 Å². The van der Waals surface area contributed by atoms with E-state index in [-0.39, 0.29) is 12.4 Å². The lowest BCUT2D eigenvalue weighted by Crippen LogP contribution is -2.65. The summed E-state index contributed by atoms with van der Waals surface area (Å²) in [6.07, 6.45) is 0.682. The zero-order chi connectivity index (χ0) is 24.1. The molecule has 34 heavy (non-hydrogen) atoms. The number of ether oxygens (including phenoxy) is 3. The molecule has 0 aliphatic carbocycles. The Balaban J connectivity index is 1.36. The fourth-order valence-corrected chi connectivity index (χ4v) is 4.24. The highest BCUT2D eigenvalue weighted by Gasteiger charge is 2.56. The Hall–Kier alpha value is -3.50. The monoisotopic (exact) mass is 471 g/mol.